The van der Waals surface area contributed by atoms with Gasteiger partial charge in [0.25, 0.3) is 0 Å². The molecule has 0 aliphatic carbocycles. The van der Waals surface area contributed by atoms with Gasteiger partial charge >= 0.3 is 0 Å². The minimum atomic E-state index is 0.361. The molecule has 2 N–H and O–H groups in total. The molecule has 0 bridgehead atoms. The predicted octanol–water partition coefficient (Wildman–Crippen LogP) is 5.34. The van der Waals surface area contributed by atoms with Crippen LogP contribution >= 0.6 is 0 Å². The van der Waals surface area contributed by atoms with E-state index in [0.29, 0.717) is 24.2 Å². The Morgan fingerprint density at radius 1 is 0.949 bits per heavy atom. The summed E-state index contributed by atoms with van der Waals surface area (Å²) in [6, 6.07) is 14.2. The van der Waals surface area contributed by atoms with Gasteiger partial charge in [0.2, 0.25) is 0 Å². The van der Waals surface area contributed by atoms with E-state index in [2.05, 4.69) is 42.6 Å². The minimum absolute atomic E-state index is 0.361. The number of aryl methyl sites for hydroxylation is 2. The fourth-order valence-electron chi connectivity index (χ4n) is 5.10. The number of nitrogens with two attached hydrogens (primary N) is 1. The molecule has 2 aromatic carbocycles. The summed E-state index contributed by atoms with van der Waals surface area (Å²) in [5.74, 6) is 3.39. The fourth-order valence-corrected chi connectivity index (χ4v) is 5.10. The zero-order chi connectivity index (χ0) is 26.9. The van der Waals surface area contributed by atoms with Gasteiger partial charge in [-0.2, -0.15) is 0 Å². The monoisotopic (exact) mass is 521 g/mol. The number of benzene rings is 2. The molecule has 198 valence electrons. The number of hydrogen-bond acceptors (Lipinski definition) is 8. The average Bonchev–Trinajstić information content (AvgIpc) is 3.53. The van der Waals surface area contributed by atoms with Gasteiger partial charge in [-0.3, -0.25) is 0 Å². The molecule has 1 aliphatic rings. The molecule has 1 saturated heterocycles. The molecule has 1 atom stereocenters. The highest BCUT2D eigenvalue weighted by Crippen LogP contribution is 2.37. The molecule has 0 amide bonds. The summed E-state index contributed by atoms with van der Waals surface area (Å²) in [5, 5.41) is 0.889. The van der Waals surface area contributed by atoms with Crippen molar-refractivity contribution in [2.45, 2.75) is 32.9 Å². The normalized spacial score (nSPS) is 15.6. The first-order chi connectivity index (χ1) is 18.9. The third-order valence-electron chi connectivity index (χ3n) is 7.06. The van der Waals surface area contributed by atoms with Crippen molar-refractivity contribution in [2.24, 2.45) is 0 Å². The van der Waals surface area contributed by atoms with Gasteiger partial charge in [-0.1, -0.05) is 12.1 Å². The van der Waals surface area contributed by atoms with E-state index in [0.717, 1.165) is 70.1 Å². The van der Waals surface area contributed by atoms with Crippen LogP contribution in [0.3, 0.4) is 0 Å². The Morgan fingerprint density at radius 2 is 1.72 bits per heavy atom. The van der Waals surface area contributed by atoms with Gasteiger partial charge in [-0.25, -0.2) is 19.9 Å². The quantitative estimate of drug-likeness (QED) is 0.306. The van der Waals surface area contributed by atoms with Crippen LogP contribution in [0.15, 0.2) is 67.4 Å². The van der Waals surface area contributed by atoms with E-state index in [1.54, 1.807) is 18.7 Å². The van der Waals surface area contributed by atoms with Gasteiger partial charge < -0.3 is 24.7 Å². The zero-order valence-corrected chi connectivity index (χ0v) is 22.3. The van der Waals surface area contributed by atoms with E-state index in [9.17, 15) is 0 Å². The molecule has 6 rings (SSSR count). The van der Waals surface area contributed by atoms with Gasteiger partial charge in [0, 0.05) is 48.4 Å². The van der Waals surface area contributed by atoms with Crippen molar-refractivity contribution in [3.8, 4) is 28.4 Å². The first-order valence-electron chi connectivity index (χ1n) is 13.0. The summed E-state index contributed by atoms with van der Waals surface area (Å²) < 4.78 is 14.4. The highest BCUT2D eigenvalue weighted by Gasteiger charge is 2.25. The molecule has 4 heterocycles. The van der Waals surface area contributed by atoms with E-state index < -0.39 is 0 Å². The van der Waals surface area contributed by atoms with Crippen LogP contribution in [0, 0.1) is 13.8 Å². The fraction of sp³-hybridized carbons (Fsp3) is 0.267. The van der Waals surface area contributed by atoms with Gasteiger partial charge in [0.15, 0.2) is 0 Å². The summed E-state index contributed by atoms with van der Waals surface area (Å²) in [6.07, 6.45) is 8.35. The average molecular weight is 522 g/mol. The lowest BCUT2D eigenvalue weighted by molar-refractivity contribution is 0.303. The number of likely N-dealkylation sites (N-methyl/N-ethyl adjacent to an activating group) is 1. The smallest absolute Gasteiger partial charge is 0.146 e. The maximum atomic E-state index is 6.34. The van der Waals surface area contributed by atoms with E-state index in [4.69, 9.17) is 15.2 Å². The van der Waals surface area contributed by atoms with Gasteiger partial charge in [0.1, 0.15) is 47.5 Å². The van der Waals surface area contributed by atoms with Crippen molar-refractivity contribution >= 4 is 16.9 Å². The number of rotatable bonds is 7. The maximum Gasteiger partial charge on any atom is 0.146 e. The second-order valence-electron chi connectivity index (χ2n) is 10.1. The standard InChI is InChI=1S/C30H31N7O2/c1-19-10-25(38-17-21-13-32-20(2)33-14-21)12-26(11-19)39-24-6-4-22(5-7-24)27-16-37(23-8-9-36(3)15-23)30-28(27)29(31)34-18-35-30/h4-7,10-14,16,18,23H,8-9,15,17H2,1-3H3,(H2,31,34,35)/t23-/m1/s1. The third kappa shape index (κ3) is 5.26. The van der Waals surface area contributed by atoms with Crippen molar-refractivity contribution in [1.29, 1.82) is 0 Å². The molecule has 9 heteroatoms. The summed E-state index contributed by atoms with van der Waals surface area (Å²) >= 11 is 0. The summed E-state index contributed by atoms with van der Waals surface area (Å²) in [7, 11) is 2.15. The van der Waals surface area contributed by atoms with Crippen LogP contribution < -0.4 is 15.2 Å². The van der Waals surface area contributed by atoms with Crippen LogP contribution in [0.4, 0.5) is 5.82 Å². The van der Waals surface area contributed by atoms with Crippen LogP contribution in [0.1, 0.15) is 29.4 Å². The van der Waals surface area contributed by atoms with Crippen LogP contribution in [0.5, 0.6) is 17.2 Å². The molecule has 5 aromatic rings. The van der Waals surface area contributed by atoms with Gasteiger partial charge in [-0.15, -0.1) is 0 Å². The maximum absolute atomic E-state index is 6.34. The minimum Gasteiger partial charge on any atom is -0.489 e. The topological polar surface area (TPSA) is 104 Å². The number of likely N-dealkylation sites (tertiary alicyclic amines) is 1. The predicted molar refractivity (Wildman–Crippen MR) is 151 cm³/mol. The molecule has 0 saturated carbocycles. The Labute approximate surface area is 227 Å². The van der Waals surface area contributed by atoms with E-state index in [1.165, 1.54) is 0 Å². The molecule has 1 fully saturated rings. The summed E-state index contributed by atoms with van der Waals surface area (Å²) in [5.41, 5.74) is 11.2. The van der Waals surface area contributed by atoms with Crippen molar-refractivity contribution in [3.63, 3.8) is 0 Å². The second-order valence-corrected chi connectivity index (χ2v) is 10.1. The van der Waals surface area contributed by atoms with Crippen LogP contribution in [0.25, 0.3) is 22.2 Å². The number of fused-ring (bicyclic) bond motifs is 1. The first-order valence-corrected chi connectivity index (χ1v) is 13.0. The Kier molecular flexibility index (Phi) is 6.58. The number of nitrogen functional groups attached to an aromatic ring is 1. The molecule has 0 spiro atoms. The highest BCUT2D eigenvalue weighted by atomic mass is 16.5. The van der Waals surface area contributed by atoms with Crippen molar-refractivity contribution in [2.75, 3.05) is 25.9 Å². The molecule has 3 aromatic heterocycles. The van der Waals surface area contributed by atoms with Gasteiger partial charge in [0.05, 0.1) is 5.39 Å². The molecule has 9 nitrogen and oxygen atoms in total. The molecular weight excluding hydrogens is 490 g/mol. The SMILES string of the molecule is Cc1cc(OCc2cnc(C)nc2)cc(Oc2ccc(-c3cn([C@@H]4CCN(C)C4)c4ncnc(N)c34)cc2)c1. The lowest BCUT2D eigenvalue weighted by Gasteiger charge is -2.13. The van der Waals surface area contributed by atoms with E-state index in [-0.39, 0.29) is 0 Å². The van der Waals surface area contributed by atoms with E-state index in [1.807, 2.05) is 56.3 Å². The molecule has 39 heavy (non-hydrogen) atoms. The summed E-state index contributed by atoms with van der Waals surface area (Å²) in [6.45, 7) is 6.32. The van der Waals surface area contributed by atoms with Crippen LogP contribution in [0.2, 0.25) is 0 Å². The third-order valence-corrected chi connectivity index (χ3v) is 7.06. The summed E-state index contributed by atoms with van der Waals surface area (Å²) in [4.78, 5) is 19.7. The Hall–Kier alpha value is -4.50. The van der Waals surface area contributed by atoms with Crippen molar-refractivity contribution in [1.82, 2.24) is 29.4 Å². The first kappa shape index (κ1) is 24.8. The molecule has 0 unspecified atom stereocenters. The number of anilines is 1. The number of hydrogen-bond donors (Lipinski definition) is 1. The Morgan fingerprint density at radius 3 is 2.46 bits per heavy atom. The van der Waals surface area contributed by atoms with E-state index >= 15 is 0 Å². The zero-order valence-electron chi connectivity index (χ0n) is 22.3. The molecule has 1 aliphatic heterocycles. The van der Waals surface area contributed by atoms with Gasteiger partial charge in [-0.05, 0) is 69.3 Å². The number of nitrogens with zero attached hydrogens (tertiary/aromatic N) is 6. The van der Waals surface area contributed by atoms with Crippen LogP contribution in [-0.2, 0) is 6.61 Å². The highest BCUT2D eigenvalue weighted by molar-refractivity contribution is 6.00. The largest absolute Gasteiger partial charge is 0.489 e. The van der Waals surface area contributed by atoms with Crippen LogP contribution in [-0.4, -0.2) is 49.5 Å². The lowest BCUT2D eigenvalue weighted by atomic mass is 10.1. The lowest BCUT2D eigenvalue weighted by Crippen LogP contribution is -2.16. The number of ether oxygens (including phenoxy) is 2. The molecule has 0 radical (unpaired) electrons. The van der Waals surface area contributed by atoms with Crippen molar-refractivity contribution in [3.05, 3.63) is 84.3 Å². The Balaban J connectivity index is 1.22. The second kappa shape index (κ2) is 10.3. The van der Waals surface area contributed by atoms with Crippen molar-refractivity contribution < 1.29 is 9.47 Å². The number of aromatic nitrogens is 5. The molecular formula is C30H31N7O2. The Bertz CT molecular complexity index is 1610.